The molecule has 8 bridgehead atoms. The van der Waals surface area contributed by atoms with E-state index in [1.165, 1.54) is 28.4 Å². The summed E-state index contributed by atoms with van der Waals surface area (Å²) in [6.07, 6.45) is 1.65. The van der Waals surface area contributed by atoms with Crippen LogP contribution in [-0.2, 0) is 51.0 Å². The van der Waals surface area contributed by atoms with E-state index in [0.29, 0.717) is 91.5 Å². The maximum Gasteiger partial charge on any atom is 0.253 e. The Bertz CT molecular complexity index is 3470. The van der Waals surface area contributed by atoms with E-state index < -0.39 is 36.2 Å². The Labute approximate surface area is 440 Å². The fourth-order valence-electron chi connectivity index (χ4n) is 9.28. The van der Waals surface area contributed by atoms with Gasteiger partial charge in [0, 0.05) is 83.9 Å². The van der Waals surface area contributed by atoms with Crippen LogP contribution in [0, 0.1) is 0 Å². The number of benzene rings is 4. The lowest BCUT2D eigenvalue weighted by atomic mass is 9.97. The molecule has 0 spiro atoms. The summed E-state index contributed by atoms with van der Waals surface area (Å²) in [5.74, 6) is -1.56. The van der Waals surface area contributed by atoms with Crippen LogP contribution in [-0.4, -0.2) is 96.4 Å². The van der Waals surface area contributed by atoms with Gasteiger partial charge < -0.3 is 50.2 Å². The van der Waals surface area contributed by atoms with Gasteiger partial charge in [-0.15, -0.1) is 0 Å². The van der Waals surface area contributed by atoms with E-state index in [1.54, 1.807) is 64.1 Å². The molecular formula is C60H60N8O8. The minimum atomic E-state index is -0.804. The highest BCUT2D eigenvalue weighted by Crippen LogP contribution is 2.45. The van der Waals surface area contributed by atoms with Crippen LogP contribution in [0.2, 0.25) is 0 Å². The number of carbonyl (C=O) groups is 4. The van der Waals surface area contributed by atoms with Crippen LogP contribution in [0.25, 0.3) is 78.7 Å². The quantitative estimate of drug-likeness (QED) is 0.0539. The number of anilines is 4. The van der Waals surface area contributed by atoms with Gasteiger partial charge in [-0.05, 0) is 112 Å². The molecule has 388 valence electrons. The zero-order chi connectivity index (χ0) is 53.6. The third-order valence-electron chi connectivity index (χ3n) is 13.7. The van der Waals surface area contributed by atoms with Crippen molar-refractivity contribution in [2.45, 2.75) is 65.0 Å². The highest BCUT2D eigenvalue weighted by atomic mass is 16.5. The number of nitrogens with one attached hydrogen (secondary N) is 6. The number of aromatic nitrogens is 4. The lowest BCUT2D eigenvalue weighted by molar-refractivity contribution is -0.125. The van der Waals surface area contributed by atoms with Gasteiger partial charge in [-0.1, -0.05) is 72.8 Å². The molecule has 16 heteroatoms. The summed E-state index contributed by atoms with van der Waals surface area (Å²) < 4.78 is 21.8. The van der Waals surface area contributed by atoms with E-state index >= 15 is 0 Å². The molecule has 0 unspecified atom stereocenters. The molecular weight excluding hydrogens is 961 g/mol. The molecule has 76 heavy (non-hydrogen) atoms. The van der Waals surface area contributed by atoms with Crippen LogP contribution in [0.1, 0.15) is 50.5 Å². The third-order valence-corrected chi connectivity index (χ3v) is 13.7. The van der Waals surface area contributed by atoms with Crippen molar-refractivity contribution in [3.63, 3.8) is 0 Å². The van der Waals surface area contributed by atoms with E-state index in [2.05, 4.69) is 31.2 Å². The van der Waals surface area contributed by atoms with E-state index in [4.69, 9.17) is 28.9 Å². The molecule has 0 fully saturated rings. The summed E-state index contributed by atoms with van der Waals surface area (Å²) in [6, 6.07) is 38.5. The number of ether oxygens (including phenoxy) is 4. The molecule has 6 N–H and O–H groups in total. The van der Waals surface area contributed by atoms with Crippen molar-refractivity contribution >= 4 is 80.6 Å². The first kappa shape index (κ1) is 52.3. The summed E-state index contributed by atoms with van der Waals surface area (Å²) in [4.78, 5) is 73.6. The first-order valence-electron chi connectivity index (χ1n) is 25.0. The molecule has 7 aromatic rings. The van der Waals surface area contributed by atoms with E-state index in [-0.39, 0.29) is 11.8 Å². The van der Waals surface area contributed by atoms with Gasteiger partial charge in [0.15, 0.2) is 0 Å². The summed E-state index contributed by atoms with van der Waals surface area (Å²) in [5, 5.41) is 12.4. The number of H-pyrrole nitrogens is 2. The van der Waals surface area contributed by atoms with Crippen LogP contribution in [0.4, 0.5) is 22.7 Å². The van der Waals surface area contributed by atoms with Crippen molar-refractivity contribution in [3.05, 3.63) is 144 Å². The average molecular weight is 1020 g/mol. The Kier molecular flexibility index (Phi) is 15.8. The van der Waals surface area contributed by atoms with Gasteiger partial charge in [-0.2, -0.15) is 0 Å². The molecule has 4 atom stereocenters. The van der Waals surface area contributed by atoms with E-state index in [0.717, 1.165) is 33.5 Å². The predicted octanol–water partition coefficient (Wildman–Crippen LogP) is 10.8. The van der Waals surface area contributed by atoms with Gasteiger partial charge in [0.05, 0.1) is 45.5 Å². The number of nitrogens with zero attached hydrogens (tertiary/aromatic N) is 2. The molecule has 0 radical (unpaired) electrons. The number of hydrogen-bond acceptors (Lipinski definition) is 10. The van der Waals surface area contributed by atoms with Crippen molar-refractivity contribution < 1.29 is 38.1 Å². The highest BCUT2D eigenvalue weighted by molar-refractivity contribution is 6.10. The molecule has 0 saturated carbocycles. The van der Waals surface area contributed by atoms with Gasteiger partial charge in [0.25, 0.3) is 23.6 Å². The Morgan fingerprint density at radius 2 is 0.724 bits per heavy atom. The number of hydrogen-bond donors (Lipinski definition) is 6. The standard InChI is InChI=1S/C60H60N8O8/c1-33(73-5)57(69)65-39-21-15-22-40(66-58(70)34(2)74-6)53(39)55-47-29-25-43(61-47)51(37-17-11-9-12-18-37)45-27-31-49(63-45)56(50-32-28-46(64-50)52(38-19-13-10-14-20-38)44-26-30-48(55)62-44)54-41(67-59(71)35(3)75-7)23-16-24-42(54)68-60(72)36(4)76-8/h9-27,29-31,33-36,62-63H,28,32H2,1-8H3,(H,65,69)(H,66,70)(H,67,71)(H,68,72)/t33-,34-,35-,36-/m1/s1. The van der Waals surface area contributed by atoms with Crippen LogP contribution in [0.5, 0.6) is 0 Å². The second-order valence-corrected chi connectivity index (χ2v) is 18.4. The lowest BCUT2D eigenvalue weighted by Gasteiger charge is -2.20. The maximum absolute atomic E-state index is 13.8. The van der Waals surface area contributed by atoms with Crippen LogP contribution < -0.4 is 21.3 Å². The summed E-state index contributed by atoms with van der Waals surface area (Å²) in [7, 11) is 5.87. The Balaban J connectivity index is 1.46. The number of carbonyl (C=O) groups excluding carboxylic acids is 4. The van der Waals surface area contributed by atoms with Gasteiger partial charge in [-0.3, -0.25) is 24.2 Å². The largest absolute Gasteiger partial charge is 0.372 e. The molecule has 16 nitrogen and oxygen atoms in total. The number of fused-ring (bicyclic) bond motifs is 8. The molecule has 0 saturated heterocycles. The summed E-state index contributed by atoms with van der Waals surface area (Å²) >= 11 is 0. The number of amides is 4. The van der Waals surface area contributed by atoms with Crippen molar-refractivity contribution in [2.24, 2.45) is 0 Å². The normalized spacial score (nSPS) is 13.6. The molecule has 5 heterocycles. The zero-order valence-electron chi connectivity index (χ0n) is 43.6. The fourth-order valence-corrected chi connectivity index (χ4v) is 9.28. The highest BCUT2D eigenvalue weighted by Gasteiger charge is 2.28. The molecule has 2 aliphatic heterocycles. The number of methoxy groups -OCH3 is 4. The summed E-state index contributed by atoms with van der Waals surface area (Å²) in [6.45, 7) is 6.65. The van der Waals surface area contributed by atoms with Gasteiger partial charge >= 0.3 is 0 Å². The summed E-state index contributed by atoms with van der Waals surface area (Å²) in [5.41, 5.74) is 12.5. The Hall–Kier alpha value is -8.54. The van der Waals surface area contributed by atoms with E-state index in [1.807, 2.05) is 97.1 Å². The minimum absolute atomic E-state index is 0.385. The monoisotopic (exact) mass is 1020 g/mol. The molecule has 2 aliphatic rings. The maximum atomic E-state index is 13.8. The first-order valence-corrected chi connectivity index (χ1v) is 25.0. The minimum Gasteiger partial charge on any atom is -0.372 e. The zero-order valence-corrected chi connectivity index (χ0v) is 43.6. The van der Waals surface area contributed by atoms with Gasteiger partial charge in [0.2, 0.25) is 0 Å². The Morgan fingerprint density at radius 3 is 1.13 bits per heavy atom. The number of aromatic amines is 2. The molecule has 9 rings (SSSR count). The third kappa shape index (κ3) is 10.7. The number of rotatable bonds is 16. The predicted molar refractivity (Wildman–Crippen MR) is 299 cm³/mol. The van der Waals surface area contributed by atoms with E-state index in [9.17, 15) is 19.2 Å². The smallest absolute Gasteiger partial charge is 0.253 e. The second-order valence-electron chi connectivity index (χ2n) is 18.4. The van der Waals surface area contributed by atoms with Crippen LogP contribution in [0.15, 0.2) is 121 Å². The van der Waals surface area contributed by atoms with Gasteiger partial charge in [0.1, 0.15) is 24.4 Å². The first-order chi connectivity index (χ1) is 36.8. The molecule has 3 aromatic heterocycles. The van der Waals surface area contributed by atoms with Crippen molar-refractivity contribution in [1.29, 1.82) is 0 Å². The Morgan fingerprint density at radius 1 is 0.395 bits per heavy atom. The number of aryl methyl sites for hydroxylation is 2. The topological polar surface area (TPSA) is 211 Å². The fraction of sp³-hybridized carbons (Fsp3) is 0.233. The van der Waals surface area contributed by atoms with Crippen molar-refractivity contribution in [3.8, 4) is 44.5 Å². The molecule has 0 aliphatic carbocycles. The molecule has 4 aromatic carbocycles. The van der Waals surface area contributed by atoms with Crippen LogP contribution in [0.3, 0.4) is 0 Å². The molecule has 4 amide bonds. The van der Waals surface area contributed by atoms with Gasteiger partial charge in [-0.25, -0.2) is 4.98 Å². The average Bonchev–Trinajstić information content (AvgIpc) is 4.31. The van der Waals surface area contributed by atoms with Crippen LogP contribution >= 0.6 is 0 Å². The second kappa shape index (κ2) is 22.9. The van der Waals surface area contributed by atoms with Crippen molar-refractivity contribution in [1.82, 2.24) is 19.9 Å². The van der Waals surface area contributed by atoms with Crippen molar-refractivity contribution in [2.75, 3.05) is 49.7 Å². The SMILES string of the molecule is CO[C@H](C)C(=O)Nc1cccc(NC(=O)[C@@H](C)OC)c1-c1c2nc(c(-c3ccccc3)c3ccc([nH]3)c(-c3c(NC(=O)[C@@H](C)OC)cccc3NC(=O)[C@@H](C)OC)c3nc(c(-c4ccccc4)c4ccc1[nH]4)CC3)C=C2. The lowest BCUT2D eigenvalue weighted by Crippen LogP contribution is -2.28.